The van der Waals surface area contributed by atoms with Crippen molar-refractivity contribution < 1.29 is 14.7 Å². The molecule has 0 fully saturated rings. The van der Waals surface area contributed by atoms with E-state index in [0.29, 0.717) is 21.2 Å². The first kappa shape index (κ1) is 18.3. The van der Waals surface area contributed by atoms with Gasteiger partial charge in [0, 0.05) is 20.6 Å². The maximum absolute atomic E-state index is 12.3. The second-order valence-electron chi connectivity index (χ2n) is 4.94. The Balaban J connectivity index is 2.26. The van der Waals surface area contributed by atoms with E-state index in [1.807, 2.05) is 0 Å². The van der Waals surface area contributed by atoms with Gasteiger partial charge in [0.05, 0.1) is 11.3 Å². The number of benzene rings is 2. The molecule has 2 rings (SSSR count). The van der Waals surface area contributed by atoms with E-state index in [1.54, 1.807) is 31.2 Å². The van der Waals surface area contributed by atoms with E-state index in [1.165, 1.54) is 18.2 Å². The van der Waals surface area contributed by atoms with E-state index in [-0.39, 0.29) is 16.3 Å². The fraction of sp³-hybridized carbons (Fsp3) is 0.0588. The third-order valence-electron chi connectivity index (χ3n) is 3.15. The fourth-order valence-corrected chi connectivity index (χ4v) is 2.58. The number of nitrogens with one attached hydrogen (secondary N) is 1. The SMILES string of the molecule is C/C(=C\c1ccc(Cl)cc1Cl)C(=O)Nc1ccc(Cl)cc1C(=O)O. The van der Waals surface area contributed by atoms with Gasteiger partial charge in [0.1, 0.15) is 0 Å². The zero-order valence-electron chi connectivity index (χ0n) is 12.4. The number of carbonyl (C=O) groups is 2. The molecule has 0 aliphatic heterocycles. The lowest BCUT2D eigenvalue weighted by atomic mass is 10.1. The minimum absolute atomic E-state index is 0.0897. The van der Waals surface area contributed by atoms with Gasteiger partial charge in [0.15, 0.2) is 0 Å². The average molecular weight is 385 g/mol. The van der Waals surface area contributed by atoms with Crippen molar-refractivity contribution in [1.29, 1.82) is 0 Å². The average Bonchev–Trinajstić information content (AvgIpc) is 2.51. The Bertz CT molecular complexity index is 847. The number of hydrogen-bond acceptors (Lipinski definition) is 2. The topological polar surface area (TPSA) is 66.4 Å². The number of carbonyl (C=O) groups excluding carboxylic acids is 1. The summed E-state index contributed by atoms with van der Waals surface area (Å²) in [5, 5.41) is 12.9. The van der Waals surface area contributed by atoms with Crippen molar-refractivity contribution in [2.45, 2.75) is 6.92 Å². The van der Waals surface area contributed by atoms with E-state index < -0.39 is 11.9 Å². The van der Waals surface area contributed by atoms with Crippen LogP contribution in [0.5, 0.6) is 0 Å². The van der Waals surface area contributed by atoms with Crippen molar-refractivity contribution in [3.8, 4) is 0 Å². The molecule has 1 amide bonds. The molecule has 0 bridgehead atoms. The van der Waals surface area contributed by atoms with Crippen molar-refractivity contribution in [3.05, 3.63) is 68.2 Å². The van der Waals surface area contributed by atoms with Crippen molar-refractivity contribution in [3.63, 3.8) is 0 Å². The number of carboxylic acid groups (broad SMARTS) is 1. The normalized spacial score (nSPS) is 11.2. The van der Waals surface area contributed by atoms with Gasteiger partial charge in [-0.2, -0.15) is 0 Å². The molecule has 0 aliphatic rings. The summed E-state index contributed by atoms with van der Waals surface area (Å²) in [6.45, 7) is 1.59. The highest BCUT2D eigenvalue weighted by atomic mass is 35.5. The van der Waals surface area contributed by atoms with Crippen LogP contribution in [0, 0.1) is 0 Å². The molecule has 0 aliphatic carbocycles. The van der Waals surface area contributed by atoms with Crippen LogP contribution >= 0.6 is 34.8 Å². The number of halogens is 3. The summed E-state index contributed by atoms with van der Waals surface area (Å²) in [7, 11) is 0. The summed E-state index contributed by atoms with van der Waals surface area (Å²) in [5.41, 5.74) is 1.05. The van der Waals surface area contributed by atoms with Gasteiger partial charge in [0.2, 0.25) is 0 Å². The summed E-state index contributed by atoms with van der Waals surface area (Å²) in [5.74, 6) is -1.64. The molecule has 0 unspecified atom stereocenters. The Kier molecular flexibility index (Phi) is 5.89. The first-order valence-corrected chi connectivity index (χ1v) is 7.89. The van der Waals surface area contributed by atoms with Gasteiger partial charge in [-0.25, -0.2) is 4.79 Å². The summed E-state index contributed by atoms with van der Waals surface area (Å²) >= 11 is 17.7. The van der Waals surface area contributed by atoms with Gasteiger partial charge in [-0.3, -0.25) is 4.79 Å². The van der Waals surface area contributed by atoms with Crippen molar-refractivity contribution in [2.24, 2.45) is 0 Å². The number of amides is 1. The van der Waals surface area contributed by atoms with Gasteiger partial charge < -0.3 is 10.4 Å². The van der Waals surface area contributed by atoms with Crippen LogP contribution in [0.1, 0.15) is 22.8 Å². The van der Waals surface area contributed by atoms with Crippen LogP contribution in [0.2, 0.25) is 15.1 Å². The Hall–Kier alpha value is -2.01. The highest BCUT2D eigenvalue weighted by Crippen LogP contribution is 2.24. The molecule has 2 aromatic rings. The Labute approximate surface area is 153 Å². The minimum atomic E-state index is -1.19. The third-order valence-corrected chi connectivity index (χ3v) is 3.95. The summed E-state index contributed by atoms with van der Waals surface area (Å²) in [4.78, 5) is 23.5. The van der Waals surface area contributed by atoms with Gasteiger partial charge in [0.25, 0.3) is 5.91 Å². The fourth-order valence-electron chi connectivity index (χ4n) is 1.94. The van der Waals surface area contributed by atoms with Crippen LogP contribution in [0.25, 0.3) is 6.08 Å². The maximum Gasteiger partial charge on any atom is 0.337 e. The van der Waals surface area contributed by atoms with E-state index in [4.69, 9.17) is 34.8 Å². The smallest absolute Gasteiger partial charge is 0.337 e. The molecule has 4 nitrogen and oxygen atoms in total. The molecule has 7 heteroatoms. The second-order valence-corrected chi connectivity index (χ2v) is 6.22. The number of carboxylic acids is 1. The lowest BCUT2D eigenvalue weighted by Crippen LogP contribution is -2.15. The number of hydrogen-bond donors (Lipinski definition) is 2. The van der Waals surface area contributed by atoms with Crippen molar-refractivity contribution >= 4 is 58.4 Å². The molecular formula is C17H12Cl3NO3. The molecular weight excluding hydrogens is 373 g/mol. The molecule has 2 aromatic carbocycles. The molecule has 2 N–H and O–H groups in total. The number of anilines is 1. The van der Waals surface area contributed by atoms with Crippen LogP contribution in [0.4, 0.5) is 5.69 Å². The number of rotatable bonds is 4. The predicted molar refractivity (Wildman–Crippen MR) is 97.2 cm³/mol. The van der Waals surface area contributed by atoms with Gasteiger partial charge in [-0.1, -0.05) is 40.9 Å². The van der Waals surface area contributed by atoms with Gasteiger partial charge in [-0.05, 0) is 48.9 Å². The van der Waals surface area contributed by atoms with Crippen LogP contribution in [-0.4, -0.2) is 17.0 Å². The largest absolute Gasteiger partial charge is 0.478 e. The van der Waals surface area contributed by atoms with Gasteiger partial charge >= 0.3 is 5.97 Å². The van der Waals surface area contributed by atoms with Crippen LogP contribution in [-0.2, 0) is 4.79 Å². The standard InChI is InChI=1S/C17H12Cl3NO3/c1-9(6-10-2-3-12(19)8-14(10)20)16(22)21-15-5-4-11(18)7-13(15)17(23)24/h2-8H,1H3,(H,21,22)(H,23,24)/b9-6+. The van der Waals surface area contributed by atoms with E-state index in [9.17, 15) is 14.7 Å². The Morgan fingerprint density at radius 2 is 1.67 bits per heavy atom. The van der Waals surface area contributed by atoms with Crippen molar-refractivity contribution in [1.82, 2.24) is 0 Å². The number of aromatic carboxylic acids is 1. The lowest BCUT2D eigenvalue weighted by molar-refractivity contribution is -0.112. The monoisotopic (exact) mass is 383 g/mol. The molecule has 24 heavy (non-hydrogen) atoms. The summed E-state index contributed by atoms with van der Waals surface area (Å²) < 4.78 is 0. The molecule has 124 valence electrons. The van der Waals surface area contributed by atoms with E-state index in [0.717, 1.165) is 0 Å². The summed E-state index contributed by atoms with van der Waals surface area (Å²) in [6, 6.07) is 9.13. The van der Waals surface area contributed by atoms with E-state index >= 15 is 0 Å². The molecule has 0 spiro atoms. The Morgan fingerprint density at radius 1 is 1.04 bits per heavy atom. The highest BCUT2D eigenvalue weighted by molar-refractivity contribution is 6.35. The van der Waals surface area contributed by atoms with Crippen molar-refractivity contribution in [2.75, 3.05) is 5.32 Å². The zero-order valence-corrected chi connectivity index (χ0v) is 14.7. The molecule has 0 saturated heterocycles. The Morgan fingerprint density at radius 3 is 2.29 bits per heavy atom. The second kappa shape index (κ2) is 7.71. The van der Waals surface area contributed by atoms with E-state index in [2.05, 4.69) is 5.32 Å². The molecule has 0 heterocycles. The predicted octanol–water partition coefficient (Wildman–Crippen LogP) is 5.39. The molecule has 0 aromatic heterocycles. The third kappa shape index (κ3) is 4.51. The lowest BCUT2D eigenvalue weighted by Gasteiger charge is -2.09. The summed E-state index contributed by atoms with van der Waals surface area (Å²) in [6.07, 6.45) is 1.59. The van der Waals surface area contributed by atoms with Crippen LogP contribution < -0.4 is 5.32 Å². The van der Waals surface area contributed by atoms with Crippen LogP contribution in [0.3, 0.4) is 0 Å². The van der Waals surface area contributed by atoms with Gasteiger partial charge in [-0.15, -0.1) is 0 Å². The maximum atomic E-state index is 12.3. The molecule has 0 atom stereocenters. The van der Waals surface area contributed by atoms with Crippen LogP contribution in [0.15, 0.2) is 42.0 Å². The highest BCUT2D eigenvalue weighted by Gasteiger charge is 2.14. The minimum Gasteiger partial charge on any atom is -0.478 e. The molecule has 0 radical (unpaired) electrons. The quantitative estimate of drug-likeness (QED) is 0.695. The molecule has 0 saturated carbocycles. The first-order valence-electron chi connectivity index (χ1n) is 6.75. The zero-order chi connectivity index (χ0) is 17.9. The first-order chi connectivity index (χ1) is 11.3.